The maximum Gasteiger partial charge on any atom is 0.185 e. The summed E-state index contributed by atoms with van der Waals surface area (Å²) in [7, 11) is 0. The topological polar surface area (TPSA) is 76.4 Å². The second-order valence-corrected chi connectivity index (χ2v) is 4.63. The van der Waals surface area contributed by atoms with Gasteiger partial charge in [-0.05, 0) is 17.7 Å². The van der Waals surface area contributed by atoms with E-state index in [1.54, 1.807) is 0 Å². The second-order valence-electron chi connectivity index (χ2n) is 4.19. The number of aliphatic imine (C=N–C) groups is 1. The van der Waals surface area contributed by atoms with Crippen LogP contribution in [0.5, 0.6) is 0 Å². The molecule has 1 unspecified atom stereocenters. The van der Waals surface area contributed by atoms with Crippen LogP contribution in [0.1, 0.15) is 25.5 Å². The van der Waals surface area contributed by atoms with Crippen molar-refractivity contribution >= 4 is 17.6 Å². The number of rotatable bonds is 5. The van der Waals surface area contributed by atoms with Crippen molar-refractivity contribution < 1.29 is 0 Å². The standard InChI is InChI=1S/C12H19ClN4/c1-8(2)17-11(7-16-12(14)15)9-3-5-10(13)6-4-9/h3-6,8,11,17H,7H2,1-2H3,(H4,14,15,16). The van der Waals surface area contributed by atoms with Crippen LogP contribution in [0.25, 0.3) is 0 Å². The molecule has 0 saturated heterocycles. The van der Waals surface area contributed by atoms with E-state index >= 15 is 0 Å². The Kier molecular flexibility index (Phi) is 5.25. The van der Waals surface area contributed by atoms with Gasteiger partial charge in [-0.25, -0.2) is 0 Å². The van der Waals surface area contributed by atoms with Crippen molar-refractivity contribution in [3.63, 3.8) is 0 Å². The average Bonchev–Trinajstić information content (AvgIpc) is 2.25. The predicted octanol–water partition coefficient (Wildman–Crippen LogP) is 1.65. The Bertz CT molecular complexity index is 369. The molecule has 1 rings (SSSR count). The van der Waals surface area contributed by atoms with Gasteiger partial charge in [0.1, 0.15) is 0 Å². The fourth-order valence-electron chi connectivity index (χ4n) is 1.55. The molecule has 0 amide bonds. The Morgan fingerprint density at radius 2 is 1.88 bits per heavy atom. The van der Waals surface area contributed by atoms with Gasteiger partial charge in [0.25, 0.3) is 0 Å². The number of guanidine groups is 1. The number of nitrogens with two attached hydrogens (primary N) is 2. The van der Waals surface area contributed by atoms with E-state index in [4.69, 9.17) is 23.1 Å². The molecule has 0 saturated carbocycles. The van der Waals surface area contributed by atoms with E-state index in [0.29, 0.717) is 12.6 Å². The van der Waals surface area contributed by atoms with E-state index in [-0.39, 0.29) is 12.0 Å². The zero-order chi connectivity index (χ0) is 12.8. The molecule has 0 heterocycles. The number of halogens is 1. The first-order valence-corrected chi connectivity index (χ1v) is 5.93. The molecule has 94 valence electrons. The molecular weight excluding hydrogens is 236 g/mol. The predicted molar refractivity (Wildman–Crippen MR) is 73.1 cm³/mol. The van der Waals surface area contributed by atoms with Crippen LogP contribution in [-0.4, -0.2) is 18.5 Å². The summed E-state index contributed by atoms with van der Waals surface area (Å²) < 4.78 is 0. The molecular formula is C12H19ClN4. The molecule has 5 N–H and O–H groups in total. The van der Waals surface area contributed by atoms with Crippen molar-refractivity contribution in [2.75, 3.05) is 6.54 Å². The van der Waals surface area contributed by atoms with Gasteiger partial charge in [0.15, 0.2) is 5.96 Å². The van der Waals surface area contributed by atoms with Gasteiger partial charge in [-0.2, -0.15) is 0 Å². The molecule has 1 atom stereocenters. The summed E-state index contributed by atoms with van der Waals surface area (Å²) >= 11 is 5.86. The van der Waals surface area contributed by atoms with E-state index in [1.807, 2.05) is 24.3 Å². The zero-order valence-electron chi connectivity index (χ0n) is 10.2. The third-order valence-electron chi connectivity index (χ3n) is 2.26. The van der Waals surface area contributed by atoms with Crippen LogP contribution in [0, 0.1) is 0 Å². The summed E-state index contributed by atoms with van der Waals surface area (Å²) in [6.45, 7) is 4.68. The van der Waals surface area contributed by atoms with E-state index in [9.17, 15) is 0 Å². The van der Waals surface area contributed by atoms with Crippen LogP contribution in [0.2, 0.25) is 5.02 Å². The normalized spacial score (nSPS) is 12.5. The zero-order valence-corrected chi connectivity index (χ0v) is 10.9. The highest BCUT2D eigenvalue weighted by Crippen LogP contribution is 2.17. The molecule has 0 aliphatic rings. The number of hydrogen-bond acceptors (Lipinski definition) is 2. The fraction of sp³-hybridized carbons (Fsp3) is 0.417. The van der Waals surface area contributed by atoms with Crippen LogP contribution < -0.4 is 16.8 Å². The maximum atomic E-state index is 5.86. The second kappa shape index (κ2) is 6.47. The first-order valence-electron chi connectivity index (χ1n) is 5.56. The smallest absolute Gasteiger partial charge is 0.185 e. The minimum absolute atomic E-state index is 0.0920. The van der Waals surface area contributed by atoms with Gasteiger partial charge >= 0.3 is 0 Å². The van der Waals surface area contributed by atoms with E-state index in [0.717, 1.165) is 10.6 Å². The van der Waals surface area contributed by atoms with E-state index in [1.165, 1.54) is 0 Å². The highest BCUT2D eigenvalue weighted by atomic mass is 35.5. The third-order valence-corrected chi connectivity index (χ3v) is 2.52. The minimum atomic E-state index is 0.0920. The average molecular weight is 255 g/mol. The molecule has 0 aliphatic heterocycles. The lowest BCUT2D eigenvalue weighted by molar-refractivity contribution is 0.484. The van der Waals surface area contributed by atoms with E-state index in [2.05, 4.69) is 24.2 Å². The largest absolute Gasteiger partial charge is 0.370 e. The maximum absolute atomic E-state index is 5.86. The quantitative estimate of drug-likeness (QED) is 0.552. The van der Waals surface area contributed by atoms with E-state index < -0.39 is 0 Å². The molecule has 5 heteroatoms. The molecule has 17 heavy (non-hydrogen) atoms. The molecule has 0 fully saturated rings. The van der Waals surface area contributed by atoms with Crippen molar-refractivity contribution in [1.29, 1.82) is 0 Å². The molecule has 0 radical (unpaired) electrons. The molecule has 0 aliphatic carbocycles. The lowest BCUT2D eigenvalue weighted by Crippen LogP contribution is -2.32. The first kappa shape index (κ1) is 13.8. The molecule has 0 bridgehead atoms. The monoisotopic (exact) mass is 254 g/mol. The van der Waals surface area contributed by atoms with Gasteiger partial charge in [0, 0.05) is 11.1 Å². The third kappa shape index (κ3) is 5.06. The molecule has 1 aromatic carbocycles. The van der Waals surface area contributed by atoms with Gasteiger partial charge < -0.3 is 16.8 Å². The van der Waals surface area contributed by atoms with Crippen molar-refractivity contribution in [2.24, 2.45) is 16.5 Å². The number of nitrogens with zero attached hydrogens (tertiary/aromatic N) is 1. The van der Waals surface area contributed by atoms with Gasteiger partial charge in [0.05, 0.1) is 12.6 Å². The number of benzene rings is 1. The van der Waals surface area contributed by atoms with Crippen molar-refractivity contribution in [2.45, 2.75) is 25.9 Å². The van der Waals surface area contributed by atoms with Gasteiger partial charge in [-0.15, -0.1) is 0 Å². The van der Waals surface area contributed by atoms with Crippen LogP contribution in [0.15, 0.2) is 29.3 Å². The summed E-state index contributed by atoms with van der Waals surface area (Å²) in [6.07, 6.45) is 0. The van der Waals surface area contributed by atoms with Gasteiger partial charge in [0.2, 0.25) is 0 Å². The van der Waals surface area contributed by atoms with Gasteiger partial charge in [-0.1, -0.05) is 37.6 Å². The highest BCUT2D eigenvalue weighted by Gasteiger charge is 2.11. The van der Waals surface area contributed by atoms with Crippen molar-refractivity contribution in [3.05, 3.63) is 34.9 Å². The Morgan fingerprint density at radius 3 is 2.35 bits per heavy atom. The number of hydrogen-bond donors (Lipinski definition) is 3. The molecule has 4 nitrogen and oxygen atoms in total. The van der Waals surface area contributed by atoms with Crippen LogP contribution in [0.3, 0.4) is 0 Å². The van der Waals surface area contributed by atoms with Crippen molar-refractivity contribution in [3.8, 4) is 0 Å². The lowest BCUT2D eigenvalue weighted by atomic mass is 10.1. The summed E-state index contributed by atoms with van der Waals surface area (Å²) in [5.74, 6) is 0.106. The van der Waals surface area contributed by atoms with Crippen LogP contribution in [0.4, 0.5) is 0 Å². The summed E-state index contributed by atoms with van der Waals surface area (Å²) in [6, 6.07) is 8.12. The van der Waals surface area contributed by atoms with Crippen LogP contribution >= 0.6 is 11.6 Å². The fourth-order valence-corrected chi connectivity index (χ4v) is 1.67. The van der Waals surface area contributed by atoms with Gasteiger partial charge in [-0.3, -0.25) is 4.99 Å². The minimum Gasteiger partial charge on any atom is -0.370 e. The first-order chi connectivity index (χ1) is 7.99. The van der Waals surface area contributed by atoms with Crippen molar-refractivity contribution in [1.82, 2.24) is 5.32 Å². The Hall–Kier alpha value is -1.26. The Labute approximate surface area is 107 Å². The molecule has 1 aromatic rings. The number of nitrogens with one attached hydrogen (secondary N) is 1. The Balaban J connectivity index is 2.81. The Morgan fingerprint density at radius 1 is 1.29 bits per heavy atom. The highest BCUT2D eigenvalue weighted by molar-refractivity contribution is 6.30. The molecule has 0 aromatic heterocycles. The van der Waals surface area contributed by atoms with Crippen LogP contribution in [-0.2, 0) is 0 Å². The lowest BCUT2D eigenvalue weighted by Gasteiger charge is -2.20. The summed E-state index contributed by atoms with van der Waals surface area (Å²) in [5, 5.41) is 4.13. The SMILES string of the molecule is CC(C)NC(CN=C(N)N)c1ccc(Cl)cc1. The summed E-state index contributed by atoms with van der Waals surface area (Å²) in [4.78, 5) is 4.05. The molecule has 0 spiro atoms. The summed E-state index contributed by atoms with van der Waals surface area (Å²) in [5.41, 5.74) is 11.8.